The van der Waals surface area contributed by atoms with Crippen LogP contribution < -0.4 is 0 Å². The van der Waals surface area contributed by atoms with Gasteiger partial charge in [0.05, 0.1) is 23.7 Å². The third-order valence-corrected chi connectivity index (χ3v) is 4.95. The molecule has 24 heavy (non-hydrogen) atoms. The average Bonchev–Trinajstić information content (AvgIpc) is 2.62. The summed E-state index contributed by atoms with van der Waals surface area (Å²) in [4.78, 5) is 1.81. The van der Waals surface area contributed by atoms with Crippen LogP contribution in [0.5, 0.6) is 0 Å². The van der Waals surface area contributed by atoms with Crippen LogP contribution in [-0.4, -0.2) is 45.5 Å². The Morgan fingerprint density at radius 2 is 1.62 bits per heavy atom. The lowest BCUT2D eigenvalue weighted by Gasteiger charge is -2.29. The molecule has 1 saturated heterocycles. The Labute approximate surface area is 140 Å². The van der Waals surface area contributed by atoms with E-state index >= 15 is 0 Å². The maximum atomic E-state index is 14.2. The van der Waals surface area contributed by atoms with Gasteiger partial charge >= 0.3 is 0 Å². The highest BCUT2D eigenvalue weighted by atomic mass is 32.2. The number of morpholine rings is 1. The summed E-state index contributed by atoms with van der Waals surface area (Å²) >= 11 is 0. The molecular weight excluding hydrogens is 331 g/mol. The number of hydrogen-bond acceptors (Lipinski definition) is 3. The van der Waals surface area contributed by atoms with Gasteiger partial charge in [-0.2, -0.15) is 8.42 Å². The van der Waals surface area contributed by atoms with Crippen LogP contribution in [0, 0.1) is 5.82 Å². The van der Waals surface area contributed by atoms with Crippen molar-refractivity contribution in [2.45, 2.75) is 4.90 Å². The number of halogens is 1. The monoisotopic (exact) mass is 348 g/mol. The van der Waals surface area contributed by atoms with Crippen LogP contribution in [0.2, 0.25) is 0 Å². The van der Waals surface area contributed by atoms with Crippen molar-refractivity contribution in [2.24, 2.45) is 4.40 Å². The van der Waals surface area contributed by atoms with Gasteiger partial charge in [0.15, 0.2) is 5.84 Å². The number of ether oxygens (including phenoxy) is 1. The molecule has 1 aliphatic heterocycles. The van der Waals surface area contributed by atoms with Gasteiger partial charge in [0, 0.05) is 13.1 Å². The van der Waals surface area contributed by atoms with Crippen molar-refractivity contribution in [2.75, 3.05) is 26.3 Å². The molecule has 2 aromatic carbocycles. The molecule has 1 aliphatic rings. The highest BCUT2D eigenvalue weighted by Crippen LogP contribution is 2.18. The second-order valence-electron chi connectivity index (χ2n) is 5.28. The van der Waals surface area contributed by atoms with E-state index in [0.29, 0.717) is 26.3 Å². The number of benzene rings is 2. The normalized spacial score (nSPS) is 16.2. The number of amidine groups is 1. The topological polar surface area (TPSA) is 59.0 Å². The minimum absolute atomic E-state index is 0.0760. The molecule has 0 unspecified atom stereocenters. The zero-order valence-electron chi connectivity index (χ0n) is 12.9. The second-order valence-corrected chi connectivity index (χ2v) is 6.89. The number of rotatable bonds is 3. The molecule has 0 bridgehead atoms. The van der Waals surface area contributed by atoms with Gasteiger partial charge < -0.3 is 9.64 Å². The minimum Gasteiger partial charge on any atom is -0.378 e. The molecule has 3 rings (SSSR count). The Morgan fingerprint density at radius 1 is 1.00 bits per heavy atom. The summed E-state index contributed by atoms with van der Waals surface area (Å²) in [7, 11) is -3.93. The van der Waals surface area contributed by atoms with Gasteiger partial charge in [0.1, 0.15) is 5.82 Å². The molecule has 0 aliphatic carbocycles. The summed E-state index contributed by atoms with van der Waals surface area (Å²) in [6, 6.07) is 14.0. The number of nitrogens with zero attached hydrogens (tertiary/aromatic N) is 2. The molecule has 5 nitrogen and oxygen atoms in total. The molecule has 0 spiro atoms. The molecule has 1 fully saturated rings. The number of sulfonamides is 1. The molecule has 126 valence electrons. The molecule has 0 N–H and O–H groups in total. The van der Waals surface area contributed by atoms with Gasteiger partial charge in [-0.05, 0) is 24.3 Å². The predicted molar refractivity (Wildman–Crippen MR) is 89.0 cm³/mol. The number of hydrogen-bond donors (Lipinski definition) is 0. The van der Waals surface area contributed by atoms with E-state index in [1.165, 1.54) is 24.3 Å². The molecule has 0 saturated carbocycles. The van der Waals surface area contributed by atoms with E-state index in [2.05, 4.69) is 4.40 Å². The summed E-state index contributed by atoms with van der Waals surface area (Å²) in [5, 5.41) is 0. The maximum Gasteiger partial charge on any atom is 0.284 e. The zero-order chi connectivity index (χ0) is 17.0. The Kier molecular flexibility index (Phi) is 4.92. The quantitative estimate of drug-likeness (QED) is 0.631. The highest BCUT2D eigenvalue weighted by molar-refractivity contribution is 7.90. The fraction of sp³-hybridized carbons (Fsp3) is 0.235. The Bertz CT molecular complexity index is 832. The Morgan fingerprint density at radius 3 is 2.29 bits per heavy atom. The predicted octanol–water partition coefficient (Wildman–Crippen LogP) is 2.29. The van der Waals surface area contributed by atoms with Gasteiger partial charge in [-0.1, -0.05) is 30.3 Å². The lowest BCUT2D eigenvalue weighted by Crippen LogP contribution is -2.42. The SMILES string of the molecule is O=S(=O)(/N=C(/c1ccccc1F)N1CCOCC1)c1ccccc1. The van der Waals surface area contributed by atoms with Crippen LogP contribution in [0.25, 0.3) is 0 Å². The van der Waals surface area contributed by atoms with Gasteiger partial charge in [0.25, 0.3) is 10.0 Å². The maximum absolute atomic E-state index is 14.2. The van der Waals surface area contributed by atoms with Crippen LogP contribution >= 0.6 is 0 Å². The van der Waals surface area contributed by atoms with E-state index in [1.807, 2.05) is 0 Å². The van der Waals surface area contributed by atoms with Crippen molar-refractivity contribution in [3.8, 4) is 0 Å². The zero-order valence-corrected chi connectivity index (χ0v) is 13.7. The van der Waals surface area contributed by atoms with Crippen LogP contribution in [0.3, 0.4) is 0 Å². The molecule has 1 heterocycles. The first-order chi connectivity index (χ1) is 11.6. The lowest BCUT2D eigenvalue weighted by atomic mass is 10.1. The second kappa shape index (κ2) is 7.11. The molecular formula is C17H17FN2O3S. The molecule has 0 aromatic heterocycles. The van der Waals surface area contributed by atoms with Crippen molar-refractivity contribution < 1.29 is 17.5 Å². The van der Waals surface area contributed by atoms with Gasteiger partial charge in [-0.25, -0.2) is 4.39 Å². The minimum atomic E-state index is -3.93. The van der Waals surface area contributed by atoms with Crippen molar-refractivity contribution >= 4 is 15.9 Å². The molecule has 7 heteroatoms. The fourth-order valence-electron chi connectivity index (χ4n) is 2.45. The van der Waals surface area contributed by atoms with Crippen molar-refractivity contribution in [1.29, 1.82) is 0 Å². The fourth-order valence-corrected chi connectivity index (χ4v) is 3.50. The largest absolute Gasteiger partial charge is 0.378 e. The van der Waals surface area contributed by atoms with Gasteiger partial charge in [-0.15, -0.1) is 4.40 Å². The van der Waals surface area contributed by atoms with Crippen molar-refractivity contribution in [3.63, 3.8) is 0 Å². The van der Waals surface area contributed by atoms with Crippen LogP contribution in [0.1, 0.15) is 5.56 Å². The molecule has 2 aromatic rings. The first-order valence-corrected chi connectivity index (χ1v) is 8.99. The smallest absolute Gasteiger partial charge is 0.284 e. The van der Waals surface area contributed by atoms with Crippen LogP contribution in [0.4, 0.5) is 4.39 Å². The van der Waals surface area contributed by atoms with Gasteiger partial charge in [0.2, 0.25) is 0 Å². The summed E-state index contributed by atoms with van der Waals surface area (Å²) in [6.07, 6.45) is 0. The van der Waals surface area contributed by atoms with E-state index in [4.69, 9.17) is 4.74 Å². The lowest BCUT2D eigenvalue weighted by molar-refractivity contribution is 0.0683. The summed E-state index contributed by atoms with van der Waals surface area (Å²) in [6.45, 7) is 1.80. The van der Waals surface area contributed by atoms with E-state index in [0.717, 1.165) is 0 Å². The molecule has 0 radical (unpaired) electrons. The van der Waals surface area contributed by atoms with Crippen LogP contribution in [-0.2, 0) is 14.8 Å². The van der Waals surface area contributed by atoms with E-state index < -0.39 is 15.8 Å². The highest BCUT2D eigenvalue weighted by Gasteiger charge is 2.23. The van der Waals surface area contributed by atoms with Crippen molar-refractivity contribution in [3.05, 3.63) is 66.0 Å². The first kappa shape index (κ1) is 16.6. The third kappa shape index (κ3) is 3.63. The standard InChI is InChI=1S/C17H17FN2O3S/c18-16-9-5-4-8-15(16)17(20-10-12-23-13-11-20)19-24(21,22)14-6-2-1-3-7-14/h1-9H,10-13H2/b19-17-. The summed E-state index contributed by atoms with van der Waals surface area (Å²) in [5.74, 6) is -0.397. The van der Waals surface area contributed by atoms with E-state index in [-0.39, 0.29) is 16.3 Å². The average molecular weight is 348 g/mol. The van der Waals surface area contributed by atoms with Gasteiger partial charge in [-0.3, -0.25) is 0 Å². The summed E-state index contributed by atoms with van der Waals surface area (Å²) < 4.78 is 48.7. The van der Waals surface area contributed by atoms with Crippen molar-refractivity contribution in [1.82, 2.24) is 4.90 Å². The third-order valence-electron chi connectivity index (χ3n) is 3.67. The Balaban J connectivity index is 2.09. The summed E-state index contributed by atoms with van der Waals surface area (Å²) in [5.41, 5.74) is 0.166. The van der Waals surface area contributed by atoms with E-state index in [1.54, 1.807) is 35.2 Å². The van der Waals surface area contributed by atoms with E-state index in [9.17, 15) is 12.8 Å². The molecule has 0 amide bonds. The molecule has 0 atom stereocenters. The Hall–Kier alpha value is -2.25. The first-order valence-electron chi connectivity index (χ1n) is 7.55. The van der Waals surface area contributed by atoms with Crippen LogP contribution in [0.15, 0.2) is 63.9 Å².